The molecule has 0 bridgehead atoms. The van der Waals surface area contributed by atoms with Crippen LogP contribution in [0.15, 0.2) is 30.5 Å². The van der Waals surface area contributed by atoms with Crippen molar-refractivity contribution < 1.29 is 0 Å². The highest BCUT2D eigenvalue weighted by Crippen LogP contribution is 2.26. The molecule has 0 aliphatic heterocycles. The van der Waals surface area contributed by atoms with E-state index in [0.29, 0.717) is 5.15 Å². The number of H-pyrrole nitrogens is 1. The van der Waals surface area contributed by atoms with E-state index in [4.69, 9.17) is 11.6 Å². The van der Waals surface area contributed by atoms with Crippen molar-refractivity contribution in [1.29, 1.82) is 0 Å². The van der Waals surface area contributed by atoms with Crippen molar-refractivity contribution in [3.63, 3.8) is 0 Å². The van der Waals surface area contributed by atoms with Crippen LogP contribution in [-0.4, -0.2) is 9.97 Å². The largest absolute Gasteiger partial charge is 0.353 e. The third-order valence-corrected chi connectivity index (χ3v) is 2.81. The van der Waals surface area contributed by atoms with Crippen molar-refractivity contribution in [2.75, 3.05) is 0 Å². The highest BCUT2D eigenvalue weighted by Gasteiger charge is 2.04. The lowest BCUT2D eigenvalue weighted by Gasteiger charge is -1.93. The van der Waals surface area contributed by atoms with Gasteiger partial charge in [-0.1, -0.05) is 23.7 Å². The zero-order valence-corrected chi connectivity index (χ0v) is 8.97. The topological polar surface area (TPSA) is 28.7 Å². The van der Waals surface area contributed by atoms with Crippen LogP contribution < -0.4 is 0 Å². The zero-order chi connectivity index (χ0) is 10.4. The predicted molar refractivity (Wildman–Crippen MR) is 63.3 cm³/mol. The normalized spacial score (nSPS) is 11.3. The second kappa shape index (κ2) is 2.97. The molecule has 3 aromatic rings. The van der Waals surface area contributed by atoms with Crippen LogP contribution in [0.1, 0.15) is 5.56 Å². The summed E-state index contributed by atoms with van der Waals surface area (Å²) in [5.74, 6) is 0. The molecule has 1 N–H and O–H groups in total. The quantitative estimate of drug-likeness (QED) is 0.571. The number of benzene rings is 1. The van der Waals surface area contributed by atoms with Crippen LogP contribution in [0.4, 0.5) is 0 Å². The van der Waals surface area contributed by atoms with Crippen LogP contribution in [0.2, 0.25) is 5.15 Å². The van der Waals surface area contributed by atoms with E-state index in [9.17, 15) is 0 Å². The van der Waals surface area contributed by atoms with Crippen molar-refractivity contribution in [3.05, 3.63) is 41.2 Å². The number of fused-ring (bicyclic) bond motifs is 3. The Balaban J connectivity index is 2.53. The number of rotatable bonds is 0. The van der Waals surface area contributed by atoms with Gasteiger partial charge in [-0.25, -0.2) is 4.98 Å². The van der Waals surface area contributed by atoms with Gasteiger partial charge < -0.3 is 4.98 Å². The molecule has 2 aromatic heterocycles. The van der Waals surface area contributed by atoms with Crippen LogP contribution in [0, 0.1) is 6.92 Å². The molecule has 2 heterocycles. The number of aromatic amines is 1. The Morgan fingerprint density at radius 3 is 2.87 bits per heavy atom. The zero-order valence-electron chi connectivity index (χ0n) is 8.21. The molecule has 1 aromatic carbocycles. The predicted octanol–water partition coefficient (Wildman–Crippen LogP) is 3.68. The molecule has 0 radical (unpaired) electrons. The molecule has 0 amide bonds. The van der Waals surface area contributed by atoms with Crippen molar-refractivity contribution in [2.45, 2.75) is 6.92 Å². The van der Waals surface area contributed by atoms with E-state index in [-0.39, 0.29) is 0 Å². The van der Waals surface area contributed by atoms with E-state index in [2.05, 4.69) is 35.1 Å². The van der Waals surface area contributed by atoms with Crippen molar-refractivity contribution in [2.24, 2.45) is 0 Å². The van der Waals surface area contributed by atoms with Crippen LogP contribution in [0.3, 0.4) is 0 Å². The molecular weight excluding hydrogens is 208 g/mol. The van der Waals surface area contributed by atoms with Crippen LogP contribution in [0.25, 0.3) is 21.8 Å². The molecule has 0 fully saturated rings. The van der Waals surface area contributed by atoms with Gasteiger partial charge in [0.1, 0.15) is 5.15 Å². The molecule has 0 aliphatic carbocycles. The summed E-state index contributed by atoms with van der Waals surface area (Å²) in [6.45, 7) is 2.08. The fourth-order valence-corrected chi connectivity index (χ4v) is 2.05. The lowest BCUT2D eigenvalue weighted by molar-refractivity contribution is 1.34. The van der Waals surface area contributed by atoms with E-state index >= 15 is 0 Å². The monoisotopic (exact) mass is 216 g/mol. The maximum absolute atomic E-state index is 5.88. The molecule has 74 valence electrons. The van der Waals surface area contributed by atoms with Crippen LogP contribution in [0.5, 0.6) is 0 Å². The highest BCUT2D eigenvalue weighted by molar-refractivity contribution is 6.30. The Hall–Kier alpha value is -1.54. The lowest BCUT2D eigenvalue weighted by atomic mass is 10.1. The number of aryl methyl sites for hydroxylation is 1. The molecule has 2 nitrogen and oxygen atoms in total. The minimum atomic E-state index is 0.531. The summed E-state index contributed by atoms with van der Waals surface area (Å²) < 4.78 is 0. The summed E-state index contributed by atoms with van der Waals surface area (Å²) in [4.78, 5) is 7.38. The molecule has 0 saturated carbocycles. The van der Waals surface area contributed by atoms with Gasteiger partial charge in [0.05, 0.1) is 11.7 Å². The van der Waals surface area contributed by atoms with E-state index in [0.717, 1.165) is 16.4 Å². The van der Waals surface area contributed by atoms with Crippen LogP contribution >= 0.6 is 11.6 Å². The third-order valence-electron chi connectivity index (χ3n) is 2.61. The molecule has 0 atom stereocenters. The first kappa shape index (κ1) is 8.74. The van der Waals surface area contributed by atoms with Gasteiger partial charge in [0, 0.05) is 16.3 Å². The molecule has 15 heavy (non-hydrogen) atoms. The molecule has 0 unspecified atom stereocenters. The molecular formula is C12H9ClN2. The molecule has 0 spiro atoms. The number of hydrogen-bond acceptors (Lipinski definition) is 1. The van der Waals surface area contributed by atoms with Gasteiger partial charge in [-0.15, -0.1) is 0 Å². The summed E-state index contributed by atoms with van der Waals surface area (Å²) >= 11 is 5.88. The smallest absolute Gasteiger partial charge is 0.129 e. The van der Waals surface area contributed by atoms with E-state index in [1.165, 1.54) is 10.9 Å². The number of aromatic nitrogens is 2. The van der Waals surface area contributed by atoms with Crippen molar-refractivity contribution in [3.8, 4) is 0 Å². The standard InChI is InChI=1S/C12H9ClN2/c1-7-2-3-8-9-5-12(13)14-6-11(9)15-10(8)4-7/h2-6,15H,1H3. The minimum Gasteiger partial charge on any atom is -0.353 e. The number of nitrogens with zero attached hydrogens (tertiary/aromatic N) is 1. The van der Waals surface area contributed by atoms with E-state index in [1.807, 2.05) is 6.07 Å². The van der Waals surface area contributed by atoms with Gasteiger partial charge in [-0.3, -0.25) is 0 Å². The maximum atomic E-state index is 5.88. The lowest BCUT2D eigenvalue weighted by Crippen LogP contribution is -1.73. The Labute approximate surface area is 91.9 Å². The Bertz CT molecular complexity index is 655. The van der Waals surface area contributed by atoms with Gasteiger partial charge >= 0.3 is 0 Å². The number of hydrogen-bond donors (Lipinski definition) is 1. The first-order valence-electron chi connectivity index (χ1n) is 4.77. The van der Waals surface area contributed by atoms with Crippen molar-refractivity contribution in [1.82, 2.24) is 9.97 Å². The van der Waals surface area contributed by atoms with Gasteiger partial charge in [0.2, 0.25) is 0 Å². The Morgan fingerprint density at radius 1 is 1.13 bits per heavy atom. The second-order valence-corrected chi connectivity index (χ2v) is 4.11. The minimum absolute atomic E-state index is 0.531. The number of pyridine rings is 1. The fraction of sp³-hybridized carbons (Fsp3) is 0.0833. The molecule has 3 heteroatoms. The SMILES string of the molecule is Cc1ccc2c(c1)[nH]c1cnc(Cl)cc12. The molecule has 3 rings (SSSR count). The first-order valence-corrected chi connectivity index (χ1v) is 5.15. The Kier molecular flexibility index (Phi) is 1.73. The van der Waals surface area contributed by atoms with E-state index < -0.39 is 0 Å². The number of nitrogens with one attached hydrogen (secondary N) is 1. The van der Waals surface area contributed by atoms with Gasteiger partial charge in [-0.05, 0) is 24.6 Å². The summed E-state index contributed by atoms with van der Waals surface area (Å²) in [5, 5.41) is 2.86. The second-order valence-electron chi connectivity index (χ2n) is 3.73. The summed E-state index contributed by atoms with van der Waals surface area (Å²) in [5.41, 5.74) is 3.40. The fourth-order valence-electron chi connectivity index (χ4n) is 1.89. The summed E-state index contributed by atoms with van der Waals surface area (Å²) in [7, 11) is 0. The van der Waals surface area contributed by atoms with Crippen LogP contribution in [-0.2, 0) is 0 Å². The van der Waals surface area contributed by atoms with E-state index in [1.54, 1.807) is 6.20 Å². The summed E-state index contributed by atoms with van der Waals surface area (Å²) in [6, 6.07) is 8.23. The van der Waals surface area contributed by atoms with Gasteiger partial charge in [0.15, 0.2) is 0 Å². The average molecular weight is 217 g/mol. The Morgan fingerprint density at radius 2 is 2.00 bits per heavy atom. The number of halogens is 1. The van der Waals surface area contributed by atoms with Gasteiger partial charge in [-0.2, -0.15) is 0 Å². The van der Waals surface area contributed by atoms with Crippen molar-refractivity contribution >= 4 is 33.4 Å². The summed E-state index contributed by atoms with van der Waals surface area (Å²) in [6.07, 6.45) is 1.77. The third kappa shape index (κ3) is 1.29. The van der Waals surface area contributed by atoms with Gasteiger partial charge in [0.25, 0.3) is 0 Å². The molecule has 0 aliphatic rings. The molecule has 0 saturated heterocycles. The average Bonchev–Trinajstić information content (AvgIpc) is 2.54. The highest BCUT2D eigenvalue weighted by atomic mass is 35.5. The maximum Gasteiger partial charge on any atom is 0.129 e. The first-order chi connectivity index (χ1) is 7.24.